The van der Waals surface area contributed by atoms with Crippen molar-refractivity contribution in [2.24, 2.45) is 5.92 Å². The number of carbonyl (C=O) groups is 2. The molecular weight excluding hydrogens is 456 g/mol. The number of piperidine rings is 1. The van der Waals surface area contributed by atoms with E-state index in [2.05, 4.69) is 15.0 Å². The van der Waals surface area contributed by atoms with Crippen LogP contribution in [0.5, 0.6) is 0 Å². The third-order valence-electron chi connectivity index (χ3n) is 6.76. The van der Waals surface area contributed by atoms with Gasteiger partial charge in [-0.05, 0) is 51.0 Å². The van der Waals surface area contributed by atoms with E-state index in [0.29, 0.717) is 62.6 Å². The zero-order chi connectivity index (χ0) is 24.1. The Hall–Kier alpha value is -2.65. The smallest absolute Gasteiger partial charge is 0.319 e. The topological polar surface area (TPSA) is 86.0 Å². The second kappa shape index (κ2) is 11.2. The summed E-state index contributed by atoms with van der Waals surface area (Å²) in [4.78, 5) is 38.0. The van der Waals surface area contributed by atoms with Crippen LogP contribution < -0.4 is 0 Å². The largest absolute Gasteiger partial charge is 0.340 e. The van der Waals surface area contributed by atoms with Crippen LogP contribution in [-0.2, 0) is 11.3 Å². The molecule has 0 N–H and O–H groups in total. The van der Waals surface area contributed by atoms with E-state index in [9.17, 15) is 9.59 Å². The molecule has 0 spiro atoms. The van der Waals surface area contributed by atoms with Crippen molar-refractivity contribution in [2.45, 2.75) is 33.2 Å². The second-order valence-electron chi connectivity index (χ2n) is 8.84. The van der Waals surface area contributed by atoms with Crippen molar-refractivity contribution in [3.63, 3.8) is 0 Å². The van der Waals surface area contributed by atoms with Crippen LogP contribution in [0.1, 0.15) is 32.6 Å². The third kappa shape index (κ3) is 5.70. The first kappa shape index (κ1) is 24.5. The number of amides is 3. The van der Waals surface area contributed by atoms with Crippen LogP contribution in [0.15, 0.2) is 28.8 Å². The molecule has 3 amide bonds. The highest BCUT2D eigenvalue weighted by atomic mass is 35.5. The average Bonchev–Trinajstić information content (AvgIpc) is 3.33. The highest BCUT2D eigenvalue weighted by molar-refractivity contribution is 6.30. The summed E-state index contributed by atoms with van der Waals surface area (Å²) in [5, 5.41) is 4.74. The Labute approximate surface area is 205 Å². The SMILES string of the molecule is CCN(CC)C(=O)N1CCC(C(=O)N2CCN(Cc3nc(-c4ccc(Cl)cc4)no3)CC2)CC1. The minimum absolute atomic E-state index is 0.00479. The Morgan fingerprint density at radius 3 is 2.26 bits per heavy atom. The third-order valence-corrected chi connectivity index (χ3v) is 7.01. The van der Waals surface area contributed by atoms with Crippen LogP contribution >= 0.6 is 11.6 Å². The van der Waals surface area contributed by atoms with Crippen molar-refractivity contribution in [3.8, 4) is 11.4 Å². The Morgan fingerprint density at radius 2 is 1.65 bits per heavy atom. The number of carbonyl (C=O) groups excluding carboxylic acids is 2. The maximum absolute atomic E-state index is 13.1. The van der Waals surface area contributed by atoms with E-state index in [4.69, 9.17) is 16.1 Å². The second-order valence-corrected chi connectivity index (χ2v) is 9.27. The molecule has 2 saturated heterocycles. The molecule has 0 unspecified atom stereocenters. The van der Waals surface area contributed by atoms with E-state index < -0.39 is 0 Å². The molecule has 10 heteroatoms. The predicted octanol–water partition coefficient (Wildman–Crippen LogP) is 3.21. The van der Waals surface area contributed by atoms with Crippen LogP contribution in [0.25, 0.3) is 11.4 Å². The molecule has 1 aromatic carbocycles. The van der Waals surface area contributed by atoms with E-state index >= 15 is 0 Å². The maximum Gasteiger partial charge on any atom is 0.319 e. The van der Waals surface area contributed by atoms with Gasteiger partial charge in [-0.25, -0.2) is 4.79 Å². The van der Waals surface area contributed by atoms with E-state index in [0.717, 1.165) is 31.5 Å². The van der Waals surface area contributed by atoms with Gasteiger partial charge < -0.3 is 19.2 Å². The zero-order valence-electron chi connectivity index (χ0n) is 20.0. The molecule has 2 aromatic rings. The monoisotopic (exact) mass is 488 g/mol. The fraction of sp³-hybridized carbons (Fsp3) is 0.583. The molecule has 4 rings (SSSR count). The Bertz CT molecular complexity index is 961. The van der Waals surface area contributed by atoms with Gasteiger partial charge in [0.25, 0.3) is 0 Å². The summed E-state index contributed by atoms with van der Waals surface area (Å²) in [5.74, 6) is 1.34. The highest BCUT2D eigenvalue weighted by Crippen LogP contribution is 2.22. The standard InChI is InChI=1S/C24H33ClN6O3/c1-3-29(4-2)24(33)31-11-9-19(10-12-31)23(32)30-15-13-28(14-16-30)17-21-26-22(27-34-21)18-5-7-20(25)8-6-18/h5-8,19H,3-4,9-17H2,1-2H3. The van der Waals surface area contributed by atoms with Crippen molar-refractivity contribution in [1.82, 2.24) is 29.7 Å². The molecule has 0 aliphatic carbocycles. The van der Waals surface area contributed by atoms with Gasteiger partial charge in [0.05, 0.1) is 6.54 Å². The fourth-order valence-corrected chi connectivity index (χ4v) is 4.75. The van der Waals surface area contributed by atoms with Crippen LogP contribution in [0.2, 0.25) is 5.02 Å². The summed E-state index contributed by atoms with van der Waals surface area (Å²) in [6.07, 6.45) is 1.48. The Kier molecular flexibility index (Phi) is 8.05. The minimum Gasteiger partial charge on any atom is -0.340 e. The first-order chi connectivity index (χ1) is 16.5. The Morgan fingerprint density at radius 1 is 1.00 bits per heavy atom. The summed E-state index contributed by atoms with van der Waals surface area (Å²) < 4.78 is 5.43. The number of urea groups is 1. The lowest BCUT2D eigenvalue weighted by atomic mass is 9.95. The van der Waals surface area contributed by atoms with Gasteiger partial charge in [-0.3, -0.25) is 9.69 Å². The normalized spacial score (nSPS) is 17.7. The van der Waals surface area contributed by atoms with Gasteiger partial charge >= 0.3 is 6.03 Å². The van der Waals surface area contributed by atoms with Crippen molar-refractivity contribution in [1.29, 1.82) is 0 Å². The van der Waals surface area contributed by atoms with E-state index in [1.165, 1.54) is 0 Å². The van der Waals surface area contributed by atoms with Gasteiger partial charge in [-0.15, -0.1) is 0 Å². The number of aromatic nitrogens is 2. The lowest BCUT2D eigenvalue weighted by Crippen LogP contribution is -2.52. The summed E-state index contributed by atoms with van der Waals surface area (Å²) in [7, 11) is 0. The molecule has 3 heterocycles. The van der Waals surface area contributed by atoms with E-state index in [1.54, 1.807) is 12.1 Å². The van der Waals surface area contributed by atoms with Crippen molar-refractivity contribution in [2.75, 3.05) is 52.4 Å². The number of halogens is 1. The van der Waals surface area contributed by atoms with Gasteiger partial charge in [0.1, 0.15) is 0 Å². The zero-order valence-corrected chi connectivity index (χ0v) is 20.7. The van der Waals surface area contributed by atoms with Crippen LogP contribution in [0, 0.1) is 5.92 Å². The van der Waals surface area contributed by atoms with Crippen LogP contribution in [-0.4, -0.2) is 94.0 Å². The van der Waals surface area contributed by atoms with Crippen molar-refractivity contribution < 1.29 is 14.1 Å². The first-order valence-electron chi connectivity index (χ1n) is 12.1. The molecule has 1 aromatic heterocycles. The number of hydrogen-bond acceptors (Lipinski definition) is 6. The number of rotatable bonds is 6. The van der Waals surface area contributed by atoms with Crippen molar-refractivity contribution >= 4 is 23.5 Å². The quantitative estimate of drug-likeness (QED) is 0.620. The number of hydrogen-bond donors (Lipinski definition) is 0. The number of piperazine rings is 1. The summed E-state index contributed by atoms with van der Waals surface area (Å²) in [5.41, 5.74) is 0.861. The summed E-state index contributed by atoms with van der Waals surface area (Å²) in [6.45, 7) is 10.2. The maximum atomic E-state index is 13.1. The molecule has 2 fully saturated rings. The van der Waals surface area contributed by atoms with Crippen LogP contribution in [0.3, 0.4) is 0 Å². The predicted molar refractivity (Wildman–Crippen MR) is 129 cm³/mol. The highest BCUT2D eigenvalue weighted by Gasteiger charge is 2.32. The lowest BCUT2D eigenvalue weighted by Gasteiger charge is -2.39. The molecule has 34 heavy (non-hydrogen) atoms. The summed E-state index contributed by atoms with van der Waals surface area (Å²) in [6, 6.07) is 7.42. The molecule has 0 saturated carbocycles. The Balaban J connectivity index is 1.22. The summed E-state index contributed by atoms with van der Waals surface area (Å²) >= 11 is 5.94. The first-order valence-corrected chi connectivity index (χ1v) is 12.5. The molecule has 0 atom stereocenters. The number of benzene rings is 1. The molecule has 2 aliphatic rings. The van der Waals surface area contributed by atoms with Gasteiger partial charge in [0.15, 0.2) is 0 Å². The van der Waals surface area contributed by atoms with Gasteiger partial charge in [0, 0.05) is 68.9 Å². The van der Waals surface area contributed by atoms with Gasteiger partial charge in [0.2, 0.25) is 17.6 Å². The molecular formula is C24H33ClN6O3. The molecule has 2 aliphatic heterocycles. The average molecular weight is 489 g/mol. The molecule has 184 valence electrons. The van der Waals surface area contributed by atoms with Gasteiger partial charge in [-0.1, -0.05) is 16.8 Å². The number of nitrogens with zero attached hydrogens (tertiary/aromatic N) is 6. The van der Waals surface area contributed by atoms with E-state index in [-0.39, 0.29) is 17.9 Å². The molecule has 0 bridgehead atoms. The number of likely N-dealkylation sites (tertiary alicyclic amines) is 1. The van der Waals surface area contributed by atoms with Crippen molar-refractivity contribution in [3.05, 3.63) is 35.2 Å². The molecule has 9 nitrogen and oxygen atoms in total. The fourth-order valence-electron chi connectivity index (χ4n) is 4.62. The minimum atomic E-state index is 0.00479. The lowest BCUT2D eigenvalue weighted by molar-refractivity contribution is -0.138. The van der Waals surface area contributed by atoms with Crippen LogP contribution in [0.4, 0.5) is 4.79 Å². The van der Waals surface area contributed by atoms with E-state index in [1.807, 2.05) is 40.7 Å². The van der Waals surface area contributed by atoms with Gasteiger partial charge in [-0.2, -0.15) is 4.98 Å². The molecule has 0 radical (unpaired) electrons.